The zero-order valence-corrected chi connectivity index (χ0v) is 13.9. The molecule has 1 aliphatic rings. The number of carbonyl (C=O) groups is 1. The van der Waals surface area contributed by atoms with Crippen LogP contribution in [-0.4, -0.2) is 37.3 Å². The largest absolute Gasteiger partial charge is 0.490 e. The highest BCUT2D eigenvalue weighted by atomic mass is 19.1. The topological polar surface area (TPSA) is 73.6 Å². The summed E-state index contributed by atoms with van der Waals surface area (Å²) in [6.45, 7) is 1.74. The Morgan fingerprint density at radius 2 is 1.79 bits per heavy atom. The molecule has 0 heterocycles. The van der Waals surface area contributed by atoms with Crippen LogP contribution in [0.2, 0.25) is 0 Å². The number of ether oxygens (including phenoxy) is 2. The Morgan fingerprint density at radius 3 is 2.33 bits per heavy atom. The number of hydrogen-bond acceptors (Lipinski definition) is 4. The van der Waals surface area contributed by atoms with Crippen LogP contribution in [0.4, 0.5) is 8.78 Å². The third-order valence-corrected chi connectivity index (χ3v) is 4.34. The Hall–Kier alpha value is -1.73. The third-order valence-electron chi connectivity index (χ3n) is 4.34. The summed E-state index contributed by atoms with van der Waals surface area (Å²) in [5.41, 5.74) is 5.81. The lowest BCUT2D eigenvalue weighted by Crippen LogP contribution is -2.51. The van der Waals surface area contributed by atoms with E-state index in [1.807, 2.05) is 0 Å². The minimum Gasteiger partial charge on any atom is -0.490 e. The van der Waals surface area contributed by atoms with Gasteiger partial charge in [0, 0.05) is 31.4 Å². The van der Waals surface area contributed by atoms with Crippen LogP contribution in [0.15, 0.2) is 18.2 Å². The quantitative estimate of drug-likeness (QED) is 0.831. The first kappa shape index (κ1) is 18.6. The molecule has 0 spiro atoms. The van der Waals surface area contributed by atoms with Crippen LogP contribution in [-0.2, 0) is 9.53 Å². The third kappa shape index (κ3) is 5.14. The molecule has 134 valence electrons. The molecule has 0 aliphatic heterocycles. The average molecular weight is 342 g/mol. The van der Waals surface area contributed by atoms with Gasteiger partial charge < -0.3 is 20.5 Å². The van der Waals surface area contributed by atoms with Crippen LogP contribution in [0.5, 0.6) is 5.75 Å². The molecule has 0 radical (unpaired) electrons. The van der Waals surface area contributed by atoms with Gasteiger partial charge in [0.1, 0.15) is 23.4 Å². The Bertz CT molecular complexity index is 543. The zero-order valence-electron chi connectivity index (χ0n) is 13.9. The molecule has 3 N–H and O–H groups in total. The van der Waals surface area contributed by atoms with Crippen molar-refractivity contribution in [3.8, 4) is 5.75 Å². The normalized spacial score (nSPS) is 23.4. The molecule has 0 aromatic heterocycles. The summed E-state index contributed by atoms with van der Waals surface area (Å²) < 4.78 is 37.0. The molecule has 1 fully saturated rings. The molecule has 24 heavy (non-hydrogen) atoms. The fourth-order valence-electron chi connectivity index (χ4n) is 2.77. The average Bonchev–Trinajstić information content (AvgIpc) is 2.54. The molecule has 1 aromatic carbocycles. The maximum atomic E-state index is 13.2. The SMILES string of the molecule is CO[C@H](C)[C@H](N)C(=O)NC1CCC(Oc2cc(F)cc(F)c2)CC1. The number of carbonyl (C=O) groups excluding carboxylic acids is 1. The first-order chi connectivity index (χ1) is 11.4. The molecule has 2 atom stereocenters. The lowest BCUT2D eigenvalue weighted by Gasteiger charge is -2.30. The number of nitrogens with two attached hydrogens (primary N) is 1. The second-order valence-electron chi connectivity index (χ2n) is 6.17. The van der Waals surface area contributed by atoms with E-state index in [0.29, 0.717) is 12.8 Å². The van der Waals surface area contributed by atoms with E-state index in [-0.39, 0.29) is 29.9 Å². The van der Waals surface area contributed by atoms with Crippen LogP contribution >= 0.6 is 0 Å². The Morgan fingerprint density at radius 1 is 1.21 bits per heavy atom. The van der Waals surface area contributed by atoms with Gasteiger partial charge in [0.15, 0.2) is 0 Å². The highest BCUT2D eigenvalue weighted by Gasteiger charge is 2.27. The summed E-state index contributed by atoms with van der Waals surface area (Å²) in [4.78, 5) is 12.0. The number of nitrogens with one attached hydrogen (secondary N) is 1. The molecule has 0 bridgehead atoms. The van der Waals surface area contributed by atoms with Crippen molar-refractivity contribution >= 4 is 5.91 Å². The van der Waals surface area contributed by atoms with E-state index in [0.717, 1.165) is 18.9 Å². The first-order valence-electron chi connectivity index (χ1n) is 8.10. The minimum absolute atomic E-state index is 0.0247. The smallest absolute Gasteiger partial charge is 0.239 e. The van der Waals surface area contributed by atoms with Crippen LogP contribution in [0.1, 0.15) is 32.6 Å². The zero-order chi connectivity index (χ0) is 17.7. The molecule has 5 nitrogen and oxygen atoms in total. The van der Waals surface area contributed by atoms with Gasteiger partial charge in [-0.15, -0.1) is 0 Å². The maximum absolute atomic E-state index is 13.2. The summed E-state index contributed by atoms with van der Waals surface area (Å²) in [7, 11) is 1.51. The van der Waals surface area contributed by atoms with Crippen molar-refractivity contribution in [2.75, 3.05) is 7.11 Å². The van der Waals surface area contributed by atoms with Crippen molar-refractivity contribution in [3.05, 3.63) is 29.8 Å². The minimum atomic E-state index is -0.709. The predicted octanol–water partition coefficient (Wildman–Crippen LogP) is 2.13. The number of rotatable bonds is 6. The number of hydrogen-bond donors (Lipinski definition) is 2. The summed E-state index contributed by atoms with van der Waals surface area (Å²) in [5.74, 6) is -1.36. The van der Waals surface area contributed by atoms with Crippen LogP contribution < -0.4 is 15.8 Å². The second-order valence-corrected chi connectivity index (χ2v) is 6.17. The second kappa shape index (κ2) is 8.39. The van der Waals surface area contributed by atoms with Gasteiger partial charge in [0.05, 0.1) is 12.2 Å². The Kier molecular flexibility index (Phi) is 6.51. The molecular weight excluding hydrogens is 318 g/mol. The van der Waals surface area contributed by atoms with Crippen molar-refractivity contribution in [1.29, 1.82) is 0 Å². The molecule has 1 aliphatic carbocycles. The van der Waals surface area contributed by atoms with Crippen molar-refractivity contribution in [2.24, 2.45) is 5.73 Å². The van der Waals surface area contributed by atoms with E-state index in [1.54, 1.807) is 6.92 Å². The fraction of sp³-hybridized carbons (Fsp3) is 0.588. The predicted molar refractivity (Wildman–Crippen MR) is 85.6 cm³/mol. The highest BCUT2D eigenvalue weighted by molar-refractivity contribution is 5.82. The molecule has 7 heteroatoms. The van der Waals surface area contributed by atoms with Gasteiger partial charge in [0.2, 0.25) is 5.91 Å². The van der Waals surface area contributed by atoms with E-state index >= 15 is 0 Å². The summed E-state index contributed by atoms with van der Waals surface area (Å²) in [6.07, 6.45) is 2.36. The van der Waals surface area contributed by atoms with Crippen LogP contribution in [0.25, 0.3) is 0 Å². The molecule has 1 aromatic rings. The fourth-order valence-corrected chi connectivity index (χ4v) is 2.77. The van der Waals surface area contributed by atoms with Crippen molar-refractivity contribution in [2.45, 2.75) is 56.9 Å². The summed E-state index contributed by atoms with van der Waals surface area (Å²) in [6, 6.07) is 2.46. The van der Waals surface area contributed by atoms with Gasteiger partial charge >= 0.3 is 0 Å². The molecule has 0 unspecified atom stereocenters. The van der Waals surface area contributed by atoms with Crippen molar-refractivity contribution in [3.63, 3.8) is 0 Å². The molecule has 2 rings (SSSR count). The highest BCUT2D eigenvalue weighted by Crippen LogP contribution is 2.25. The van der Waals surface area contributed by atoms with Crippen LogP contribution in [0, 0.1) is 11.6 Å². The molecule has 1 saturated carbocycles. The lowest BCUT2D eigenvalue weighted by molar-refractivity contribution is -0.126. The van der Waals surface area contributed by atoms with Gasteiger partial charge in [-0.2, -0.15) is 0 Å². The van der Waals surface area contributed by atoms with E-state index in [9.17, 15) is 13.6 Å². The summed E-state index contributed by atoms with van der Waals surface area (Å²) >= 11 is 0. The molecule has 0 saturated heterocycles. The number of benzene rings is 1. The van der Waals surface area contributed by atoms with E-state index in [1.165, 1.54) is 19.2 Å². The van der Waals surface area contributed by atoms with E-state index < -0.39 is 17.7 Å². The Balaban J connectivity index is 1.80. The lowest BCUT2D eigenvalue weighted by atomic mass is 9.92. The summed E-state index contributed by atoms with van der Waals surface area (Å²) in [5, 5.41) is 2.92. The van der Waals surface area contributed by atoms with Crippen LogP contribution in [0.3, 0.4) is 0 Å². The van der Waals surface area contributed by atoms with Gasteiger partial charge in [-0.1, -0.05) is 0 Å². The van der Waals surface area contributed by atoms with Crippen molar-refractivity contribution in [1.82, 2.24) is 5.32 Å². The molecule has 1 amide bonds. The number of methoxy groups -OCH3 is 1. The van der Waals surface area contributed by atoms with E-state index in [4.69, 9.17) is 15.2 Å². The number of halogens is 2. The van der Waals surface area contributed by atoms with Crippen molar-refractivity contribution < 1.29 is 23.0 Å². The van der Waals surface area contributed by atoms with Gasteiger partial charge in [-0.3, -0.25) is 4.79 Å². The van der Waals surface area contributed by atoms with Gasteiger partial charge in [0.25, 0.3) is 0 Å². The maximum Gasteiger partial charge on any atom is 0.239 e. The number of amides is 1. The monoisotopic (exact) mass is 342 g/mol. The van der Waals surface area contributed by atoms with Gasteiger partial charge in [-0.25, -0.2) is 8.78 Å². The van der Waals surface area contributed by atoms with Gasteiger partial charge in [-0.05, 0) is 32.6 Å². The Labute approximate surface area is 140 Å². The van der Waals surface area contributed by atoms with E-state index in [2.05, 4.69) is 5.32 Å². The standard InChI is InChI=1S/C17H24F2N2O3/c1-10(23-2)16(20)17(22)21-13-3-5-14(6-4-13)24-15-8-11(18)7-12(19)9-15/h7-10,13-14,16H,3-6,20H2,1-2H3,(H,21,22)/t10-,13?,14?,16+/m1/s1. The first-order valence-corrected chi connectivity index (χ1v) is 8.10. The molecular formula is C17H24F2N2O3.